The van der Waals surface area contributed by atoms with Crippen LogP contribution in [-0.4, -0.2) is 30.3 Å². The van der Waals surface area contributed by atoms with Gasteiger partial charge in [0.05, 0.1) is 0 Å². The molecule has 0 aromatic heterocycles. The molecule has 1 fully saturated rings. The minimum absolute atomic E-state index is 0.215. The van der Waals surface area contributed by atoms with Gasteiger partial charge in [-0.2, -0.15) is 0 Å². The van der Waals surface area contributed by atoms with E-state index in [1.54, 1.807) is 0 Å². The van der Waals surface area contributed by atoms with Crippen molar-refractivity contribution in [1.29, 1.82) is 0 Å². The highest BCUT2D eigenvalue weighted by Crippen LogP contribution is 2.16. The first-order valence-electron chi connectivity index (χ1n) is 8.75. The third kappa shape index (κ3) is 4.68. The lowest BCUT2D eigenvalue weighted by atomic mass is 10.1. The summed E-state index contributed by atoms with van der Waals surface area (Å²) in [6.07, 6.45) is 3.13. The van der Waals surface area contributed by atoms with Crippen molar-refractivity contribution in [3.05, 3.63) is 65.2 Å². The van der Waals surface area contributed by atoms with Crippen LogP contribution < -0.4 is 4.74 Å². The summed E-state index contributed by atoms with van der Waals surface area (Å²) in [5.41, 5.74) is 3.17. The second-order valence-electron chi connectivity index (χ2n) is 6.52. The topological polar surface area (TPSA) is 29.5 Å². The van der Waals surface area contributed by atoms with Crippen molar-refractivity contribution in [3.63, 3.8) is 0 Å². The first kappa shape index (κ1) is 16.7. The van der Waals surface area contributed by atoms with Crippen LogP contribution in [0.5, 0.6) is 5.75 Å². The zero-order valence-electron chi connectivity index (χ0n) is 14.3. The molecule has 0 saturated carbocycles. The highest BCUT2D eigenvalue weighted by atomic mass is 16.5. The fraction of sp³-hybridized carbons (Fsp3) is 0.381. The fourth-order valence-electron chi connectivity index (χ4n) is 3.00. The molecule has 0 radical (unpaired) electrons. The van der Waals surface area contributed by atoms with Crippen LogP contribution in [0.2, 0.25) is 0 Å². The summed E-state index contributed by atoms with van der Waals surface area (Å²) in [7, 11) is 0. The Morgan fingerprint density at radius 1 is 1.00 bits per heavy atom. The van der Waals surface area contributed by atoms with Gasteiger partial charge in [0.25, 0.3) is 0 Å². The quantitative estimate of drug-likeness (QED) is 0.714. The number of carbonyl (C=O) groups excluding carboxylic acids is 1. The molecule has 1 saturated heterocycles. The van der Waals surface area contributed by atoms with Gasteiger partial charge in [0, 0.05) is 18.5 Å². The largest absolute Gasteiger partial charge is 0.489 e. The zero-order valence-corrected chi connectivity index (χ0v) is 14.3. The number of Topliss-reactive ketones (excluding diaryl/α,β-unsaturated/α-hetero) is 1. The van der Waals surface area contributed by atoms with Crippen LogP contribution in [0.1, 0.15) is 40.7 Å². The summed E-state index contributed by atoms with van der Waals surface area (Å²) in [4.78, 5) is 14.6. The van der Waals surface area contributed by atoms with Crippen molar-refractivity contribution < 1.29 is 9.53 Å². The van der Waals surface area contributed by atoms with Gasteiger partial charge in [0.15, 0.2) is 5.78 Å². The predicted octanol–water partition coefficient (Wildman–Crippen LogP) is 4.24. The third-order valence-electron chi connectivity index (χ3n) is 4.56. The second-order valence-corrected chi connectivity index (χ2v) is 6.52. The van der Waals surface area contributed by atoms with Crippen molar-refractivity contribution in [2.75, 3.05) is 19.6 Å². The molecule has 0 spiro atoms. The Bertz CT molecular complexity index is 655. The first-order chi connectivity index (χ1) is 11.7. The number of rotatable bonds is 7. The van der Waals surface area contributed by atoms with E-state index in [4.69, 9.17) is 4.74 Å². The minimum Gasteiger partial charge on any atom is -0.489 e. The number of hydrogen-bond acceptors (Lipinski definition) is 3. The van der Waals surface area contributed by atoms with Crippen LogP contribution in [0.25, 0.3) is 0 Å². The lowest BCUT2D eigenvalue weighted by Gasteiger charge is -2.13. The Labute approximate surface area is 144 Å². The molecule has 0 aliphatic carbocycles. The second kappa shape index (κ2) is 8.11. The monoisotopic (exact) mass is 323 g/mol. The van der Waals surface area contributed by atoms with Crippen LogP contribution in [0, 0.1) is 6.92 Å². The molecule has 1 aliphatic heterocycles. The molecule has 24 heavy (non-hydrogen) atoms. The van der Waals surface area contributed by atoms with Gasteiger partial charge in [-0.05, 0) is 62.7 Å². The van der Waals surface area contributed by atoms with Crippen molar-refractivity contribution >= 4 is 5.78 Å². The molecular formula is C21H25NO2. The number of hydrogen-bond donors (Lipinski definition) is 0. The zero-order chi connectivity index (χ0) is 16.8. The normalized spacial score (nSPS) is 14.7. The molecule has 0 bridgehead atoms. The van der Waals surface area contributed by atoms with E-state index in [1.807, 2.05) is 24.3 Å². The molecule has 126 valence electrons. The minimum atomic E-state index is 0.215. The summed E-state index contributed by atoms with van der Waals surface area (Å²) in [5, 5.41) is 0. The molecule has 0 atom stereocenters. The van der Waals surface area contributed by atoms with Gasteiger partial charge >= 0.3 is 0 Å². The molecule has 0 unspecified atom stereocenters. The van der Waals surface area contributed by atoms with Crippen molar-refractivity contribution in [2.45, 2.75) is 32.8 Å². The van der Waals surface area contributed by atoms with E-state index in [1.165, 1.54) is 18.4 Å². The van der Waals surface area contributed by atoms with Crippen LogP contribution >= 0.6 is 0 Å². The number of nitrogens with zero attached hydrogens (tertiary/aromatic N) is 1. The highest BCUT2D eigenvalue weighted by Gasteiger charge is 2.13. The Kier molecular flexibility index (Phi) is 5.65. The molecule has 3 nitrogen and oxygen atoms in total. The maximum Gasteiger partial charge on any atom is 0.164 e. The Balaban J connectivity index is 1.48. The van der Waals surface area contributed by atoms with Crippen molar-refractivity contribution in [3.8, 4) is 5.75 Å². The van der Waals surface area contributed by atoms with Gasteiger partial charge in [-0.25, -0.2) is 0 Å². The summed E-state index contributed by atoms with van der Waals surface area (Å²) < 4.78 is 5.79. The van der Waals surface area contributed by atoms with E-state index in [0.717, 1.165) is 36.5 Å². The van der Waals surface area contributed by atoms with E-state index in [9.17, 15) is 4.79 Å². The van der Waals surface area contributed by atoms with Crippen molar-refractivity contribution in [1.82, 2.24) is 4.90 Å². The summed E-state index contributed by atoms with van der Waals surface area (Å²) in [6.45, 7) is 5.77. The predicted molar refractivity (Wildman–Crippen MR) is 96.6 cm³/mol. The summed E-state index contributed by atoms with van der Waals surface area (Å²) in [6, 6.07) is 15.8. The number of benzene rings is 2. The lowest BCUT2D eigenvalue weighted by molar-refractivity contribution is 0.0969. The van der Waals surface area contributed by atoms with E-state index < -0.39 is 0 Å². The van der Waals surface area contributed by atoms with Gasteiger partial charge in [0.2, 0.25) is 0 Å². The number of carbonyl (C=O) groups is 1. The highest BCUT2D eigenvalue weighted by molar-refractivity contribution is 5.96. The Hall–Kier alpha value is -2.13. The molecule has 0 amide bonds. The van der Waals surface area contributed by atoms with Gasteiger partial charge in [0.1, 0.15) is 12.4 Å². The maximum absolute atomic E-state index is 12.3. The Morgan fingerprint density at radius 3 is 2.33 bits per heavy atom. The van der Waals surface area contributed by atoms with Crippen LogP contribution in [0.15, 0.2) is 48.5 Å². The average molecular weight is 323 g/mol. The molecular weight excluding hydrogens is 298 g/mol. The number of ketones is 1. The van der Waals surface area contributed by atoms with E-state index >= 15 is 0 Å². The fourth-order valence-corrected chi connectivity index (χ4v) is 3.00. The summed E-state index contributed by atoms with van der Waals surface area (Å²) >= 11 is 0. The van der Waals surface area contributed by atoms with Crippen LogP contribution in [0.4, 0.5) is 0 Å². The SMILES string of the molecule is Cc1ccc(COc2ccc(C(=O)CCN3CCCC3)cc2)cc1. The van der Waals surface area contributed by atoms with Crippen LogP contribution in [0.3, 0.4) is 0 Å². The number of aryl methyl sites for hydroxylation is 1. The van der Waals surface area contributed by atoms with E-state index in [-0.39, 0.29) is 5.78 Å². The van der Waals surface area contributed by atoms with Gasteiger partial charge in [-0.15, -0.1) is 0 Å². The first-order valence-corrected chi connectivity index (χ1v) is 8.75. The van der Waals surface area contributed by atoms with Gasteiger partial charge < -0.3 is 9.64 Å². The van der Waals surface area contributed by atoms with Crippen LogP contribution in [-0.2, 0) is 6.61 Å². The standard InChI is InChI=1S/C21H25NO2/c1-17-4-6-18(7-5-17)16-24-20-10-8-19(9-11-20)21(23)12-15-22-13-2-3-14-22/h4-11H,2-3,12-16H2,1H3. The molecule has 1 heterocycles. The molecule has 0 N–H and O–H groups in total. The smallest absolute Gasteiger partial charge is 0.164 e. The Morgan fingerprint density at radius 2 is 1.67 bits per heavy atom. The van der Waals surface area contributed by atoms with Crippen molar-refractivity contribution in [2.24, 2.45) is 0 Å². The molecule has 3 heteroatoms. The number of ether oxygens (including phenoxy) is 1. The average Bonchev–Trinajstić information content (AvgIpc) is 3.13. The third-order valence-corrected chi connectivity index (χ3v) is 4.56. The molecule has 1 aliphatic rings. The summed E-state index contributed by atoms with van der Waals surface area (Å²) in [5.74, 6) is 1.01. The molecule has 2 aromatic rings. The van der Waals surface area contributed by atoms with E-state index in [2.05, 4.69) is 36.1 Å². The molecule has 3 rings (SSSR count). The molecule has 2 aromatic carbocycles. The van der Waals surface area contributed by atoms with Gasteiger partial charge in [-0.1, -0.05) is 29.8 Å². The van der Waals surface area contributed by atoms with Gasteiger partial charge in [-0.3, -0.25) is 4.79 Å². The van der Waals surface area contributed by atoms with E-state index in [0.29, 0.717) is 13.0 Å². The maximum atomic E-state index is 12.3. The lowest BCUT2D eigenvalue weighted by Crippen LogP contribution is -2.22. The number of likely N-dealkylation sites (tertiary alicyclic amines) is 1.